The van der Waals surface area contributed by atoms with Gasteiger partial charge in [0.05, 0.1) is 23.9 Å². The van der Waals surface area contributed by atoms with E-state index in [1.54, 1.807) is 28.8 Å². The molecule has 0 atom stereocenters. The van der Waals surface area contributed by atoms with Crippen LogP contribution in [0.3, 0.4) is 0 Å². The van der Waals surface area contributed by atoms with Crippen molar-refractivity contribution in [2.45, 2.75) is 33.3 Å². The molecule has 0 bridgehead atoms. The zero-order valence-corrected chi connectivity index (χ0v) is 20.0. The van der Waals surface area contributed by atoms with Crippen molar-refractivity contribution >= 4 is 28.5 Å². The monoisotopic (exact) mass is 465 g/mol. The third-order valence-electron chi connectivity index (χ3n) is 5.58. The Labute approximate surface area is 197 Å². The van der Waals surface area contributed by atoms with Crippen molar-refractivity contribution in [2.75, 3.05) is 19.7 Å². The summed E-state index contributed by atoms with van der Waals surface area (Å²) in [6.07, 6.45) is 3.34. The SMILES string of the molecule is CCOC(=O)c1cc(F)ccc1-c1cc(C2=CCN(C(=O)OC(C)(C)C)C2)cc2c1cnn2C. The minimum atomic E-state index is -0.587. The lowest BCUT2D eigenvalue weighted by Crippen LogP contribution is -2.35. The second kappa shape index (κ2) is 8.93. The fourth-order valence-corrected chi connectivity index (χ4v) is 4.02. The molecule has 0 unspecified atom stereocenters. The summed E-state index contributed by atoms with van der Waals surface area (Å²) >= 11 is 0. The Morgan fingerprint density at radius 2 is 1.91 bits per heavy atom. The lowest BCUT2D eigenvalue weighted by molar-refractivity contribution is 0.0306. The number of carbonyl (C=O) groups is 2. The molecule has 1 amide bonds. The van der Waals surface area contributed by atoms with E-state index in [-0.39, 0.29) is 18.3 Å². The predicted octanol–water partition coefficient (Wildman–Crippen LogP) is 5.19. The van der Waals surface area contributed by atoms with Crippen molar-refractivity contribution in [3.63, 3.8) is 0 Å². The maximum atomic E-state index is 14.1. The van der Waals surface area contributed by atoms with E-state index >= 15 is 0 Å². The van der Waals surface area contributed by atoms with Crippen molar-refractivity contribution < 1.29 is 23.5 Å². The highest BCUT2D eigenvalue weighted by atomic mass is 19.1. The average Bonchev–Trinajstić information content (AvgIpc) is 3.40. The van der Waals surface area contributed by atoms with Gasteiger partial charge in [-0.3, -0.25) is 4.68 Å². The Morgan fingerprint density at radius 3 is 2.62 bits per heavy atom. The van der Waals surface area contributed by atoms with Crippen LogP contribution in [0.15, 0.2) is 42.6 Å². The largest absolute Gasteiger partial charge is 0.462 e. The second-order valence-corrected chi connectivity index (χ2v) is 9.23. The molecule has 4 rings (SSSR count). The Bertz CT molecular complexity index is 1300. The van der Waals surface area contributed by atoms with E-state index in [2.05, 4.69) is 5.10 Å². The number of halogens is 1. The normalized spacial score (nSPS) is 13.8. The number of aromatic nitrogens is 2. The second-order valence-electron chi connectivity index (χ2n) is 9.23. The number of benzene rings is 2. The van der Waals surface area contributed by atoms with Gasteiger partial charge in [0.2, 0.25) is 0 Å². The molecule has 1 aromatic heterocycles. The van der Waals surface area contributed by atoms with Crippen LogP contribution < -0.4 is 0 Å². The first-order valence-corrected chi connectivity index (χ1v) is 11.2. The molecule has 2 aromatic carbocycles. The van der Waals surface area contributed by atoms with Crippen LogP contribution in [0.1, 0.15) is 43.6 Å². The van der Waals surface area contributed by atoms with Gasteiger partial charge in [-0.25, -0.2) is 14.0 Å². The Morgan fingerprint density at radius 1 is 1.15 bits per heavy atom. The fourth-order valence-electron chi connectivity index (χ4n) is 4.02. The summed E-state index contributed by atoms with van der Waals surface area (Å²) in [5.74, 6) is -1.10. The lowest BCUT2D eigenvalue weighted by Gasteiger charge is -2.24. The van der Waals surface area contributed by atoms with E-state index in [0.717, 1.165) is 27.6 Å². The number of amides is 1. The molecule has 7 nitrogen and oxygen atoms in total. The van der Waals surface area contributed by atoms with Crippen LogP contribution in [0, 0.1) is 5.82 Å². The van der Waals surface area contributed by atoms with Crippen LogP contribution in [-0.2, 0) is 16.5 Å². The third kappa shape index (κ3) is 4.66. The Kier molecular flexibility index (Phi) is 6.17. The van der Waals surface area contributed by atoms with Gasteiger partial charge in [0.1, 0.15) is 11.4 Å². The summed E-state index contributed by atoms with van der Waals surface area (Å²) in [6.45, 7) is 8.23. The van der Waals surface area contributed by atoms with Gasteiger partial charge < -0.3 is 14.4 Å². The number of hydrogen-bond acceptors (Lipinski definition) is 5. The zero-order chi connectivity index (χ0) is 24.6. The summed E-state index contributed by atoms with van der Waals surface area (Å²) in [5.41, 5.74) is 3.56. The minimum absolute atomic E-state index is 0.153. The standard InChI is InChI=1S/C26H28FN3O4/c1-6-33-24(31)21-13-18(27)7-8-19(21)20-11-17(12-23-22(20)14-28-29(23)5)16-9-10-30(15-16)25(32)34-26(2,3)4/h7-9,11-14H,6,10,15H2,1-5H3. The molecular formula is C26H28FN3O4. The first-order valence-electron chi connectivity index (χ1n) is 11.2. The molecule has 0 fully saturated rings. The zero-order valence-electron chi connectivity index (χ0n) is 20.0. The molecule has 0 spiro atoms. The fraction of sp³-hybridized carbons (Fsp3) is 0.346. The number of esters is 1. The summed E-state index contributed by atoms with van der Waals surface area (Å²) in [6, 6.07) is 8.06. The van der Waals surface area contributed by atoms with E-state index in [4.69, 9.17) is 9.47 Å². The number of fused-ring (bicyclic) bond motifs is 1. The lowest BCUT2D eigenvalue weighted by atomic mass is 9.93. The number of nitrogens with zero attached hydrogens (tertiary/aromatic N) is 3. The maximum absolute atomic E-state index is 14.1. The molecule has 0 N–H and O–H groups in total. The molecule has 1 aliphatic heterocycles. The molecule has 2 heterocycles. The van der Waals surface area contributed by atoms with Crippen LogP contribution in [-0.4, -0.2) is 52.0 Å². The van der Waals surface area contributed by atoms with E-state index in [9.17, 15) is 14.0 Å². The van der Waals surface area contributed by atoms with Gasteiger partial charge in [0.25, 0.3) is 0 Å². The quantitative estimate of drug-likeness (QED) is 0.496. The molecule has 0 saturated carbocycles. The highest BCUT2D eigenvalue weighted by Crippen LogP contribution is 2.36. The Hall–Kier alpha value is -3.68. The van der Waals surface area contributed by atoms with Gasteiger partial charge in [0.15, 0.2) is 0 Å². The van der Waals surface area contributed by atoms with Crippen molar-refractivity contribution in [1.29, 1.82) is 0 Å². The van der Waals surface area contributed by atoms with Gasteiger partial charge >= 0.3 is 12.1 Å². The molecule has 0 aliphatic carbocycles. The van der Waals surface area contributed by atoms with Crippen molar-refractivity contribution in [3.8, 4) is 11.1 Å². The van der Waals surface area contributed by atoms with Gasteiger partial charge in [-0.15, -0.1) is 0 Å². The van der Waals surface area contributed by atoms with Crippen LogP contribution in [0.2, 0.25) is 0 Å². The molecular weight excluding hydrogens is 437 g/mol. The number of hydrogen-bond donors (Lipinski definition) is 0. The molecule has 3 aromatic rings. The van der Waals surface area contributed by atoms with Crippen molar-refractivity contribution in [3.05, 3.63) is 59.5 Å². The number of ether oxygens (including phenoxy) is 2. The topological polar surface area (TPSA) is 73.7 Å². The van der Waals surface area contributed by atoms with Crippen molar-refractivity contribution in [2.24, 2.45) is 7.05 Å². The van der Waals surface area contributed by atoms with Gasteiger partial charge in [0, 0.05) is 25.5 Å². The van der Waals surface area contributed by atoms with Gasteiger partial charge in [-0.2, -0.15) is 5.10 Å². The highest BCUT2D eigenvalue weighted by molar-refractivity contribution is 6.04. The molecule has 1 aliphatic rings. The molecule has 8 heteroatoms. The number of aryl methyl sites for hydroxylation is 1. The minimum Gasteiger partial charge on any atom is -0.462 e. The predicted molar refractivity (Wildman–Crippen MR) is 128 cm³/mol. The third-order valence-corrected chi connectivity index (χ3v) is 5.58. The van der Waals surface area contributed by atoms with Crippen molar-refractivity contribution in [1.82, 2.24) is 14.7 Å². The molecule has 34 heavy (non-hydrogen) atoms. The first-order chi connectivity index (χ1) is 16.1. The highest BCUT2D eigenvalue weighted by Gasteiger charge is 2.27. The van der Waals surface area contributed by atoms with Gasteiger partial charge in [-0.05, 0) is 74.2 Å². The van der Waals surface area contributed by atoms with E-state index in [1.807, 2.05) is 46.0 Å². The van der Waals surface area contributed by atoms with Gasteiger partial charge in [-0.1, -0.05) is 12.1 Å². The smallest absolute Gasteiger partial charge is 0.410 e. The van der Waals surface area contributed by atoms with E-state index in [0.29, 0.717) is 18.7 Å². The average molecular weight is 466 g/mol. The summed E-state index contributed by atoms with van der Waals surface area (Å²) in [4.78, 5) is 26.8. The molecule has 0 saturated heterocycles. The first kappa shape index (κ1) is 23.5. The van der Waals surface area contributed by atoms with Crippen LogP contribution in [0.4, 0.5) is 9.18 Å². The van der Waals surface area contributed by atoms with E-state index < -0.39 is 17.4 Å². The van der Waals surface area contributed by atoms with E-state index in [1.165, 1.54) is 12.1 Å². The Balaban J connectivity index is 1.77. The molecule has 0 radical (unpaired) electrons. The number of carbonyl (C=O) groups excluding carboxylic acids is 2. The summed E-state index contributed by atoms with van der Waals surface area (Å²) < 4.78 is 26.5. The van der Waals surface area contributed by atoms with Crippen LogP contribution in [0.25, 0.3) is 27.6 Å². The summed E-state index contributed by atoms with van der Waals surface area (Å²) in [5, 5.41) is 5.21. The molecule has 178 valence electrons. The van der Waals surface area contributed by atoms with Crippen LogP contribution >= 0.6 is 0 Å². The van der Waals surface area contributed by atoms with Crippen LogP contribution in [0.5, 0.6) is 0 Å². The number of rotatable bonds is 4. The summed E-state index contributed by atoms with van der Waals surface area (Å²) in [7, 11) is 1.84. The maximum Gasteiger partial charge on any atom is 0.410 e.